The van der Waals surface area contributed by atoms with E-state index in [-0.39, 0.29) is 5.91 Å². The molecule has 30 heavy (non-hydrogen) atoms. The van der Waals surface area contributed by atoms with Crippen molar-refractivity contribution in [3.63, 3.8) is 0 Å². The number of fused-ring (bicyclic) bond motifs is 2. The van der Waals surface area contributed by atoms with Crippen molar-refractivity contribution >= 4 is 16.9 Å². The molecule has 0 fully saturated rings. The van der Waals surface area contributed by atoms with Gasteiger partial charge in [-0.25, -0.2) is 4.98 Å². The Labute approximate surface area is 175 Å². The zero-order valence-corrected chi connectivity index (χ0v) is 16.9. The van der Waals surface area contributed by atoms with Crippen molar-refractivity contribution in [1.29, 1.82) is 0 Å². The Hall–Kier alpha value is -3.34. The van der Waals surface area contributed by atoms with Crippen LogP contribution in [0.15, 0.2) is 65.5 Å². The molecule has 4 aromatic rings. The van der Waals surface area contributed by atoms with Gasteiger partial charge < -0.3 is 14.3 Å². The van der Waals surface area contributed by atoms with Crippen LogP contribution in [0.1, 0.15) is 34.5 Å². The van der Waals surface area contributed by atoms with Crippen molar-refractivity contribution in [2.24, 2.45) is 0 Å². The Morgan fingerprint density at radius 3 is 2.83 bits per heavy atom. The number of carbonyl (C=O) groups is 1. The van der Waals surface area contributed by atoms with E-state index in [2.05, 4.69) is 39.1 Å². The Balaban J connectivity index is 1.18. The fourth-order valence-electron chi connectivity index (χ4n) is 4.33. The largest absolute Gasteiger partial charge is 0.464 e. The van der Waals surface area contributed by atoms with Gasteiger partial charge in [-0.1, -0.05) is 30.3 Å². The summed E-state index contributed by atoms with van der Waals surface area (Å²) in [5, 5.41) is 4.11. The van der Waals surface area contributed by atoms with E-state index < -0.39 is 0 Å². The molecule has 0 bridgehead atoms. The van der Waals surface area contributed by atoms with Gasteiger partial charge in [-0.05, 0) is 48.1 Å². The van der Waals surface area contributed by atoms with E-state index in [0.29, 0.717) is 19.4 Å². The lowest BCUT2D eigenvalue weighted by molar-refractivity contribution is -0.120. The second-order valence-electron chi connectivity index (χ2n) is 7.97. The molecule has 2 aromatic carbocycles. The van der Waals surface area contributed by atoms with Crippen LogP contribution < -0.4 is 5.32 Å². The lowest BCUT2D eigenvalue weighted by atomic mass is 10.0. The molecule has 2 heterocycles. The number of nitrogens with zero attached hydrogens (tertiary/aromatic N) is 2. The summed E-state index contributed by atoms with van der Waals surface area (Å²) in [6.45, 7) is 1.35. The van der Waals surface area contributed by atoms with Crippen LogP contribution in [0.3, 0.4) is 0 Å². The fourth-order valence-corrected chi connectivity index (χ4v) is 4.33. The summed E-state index contributed by atoms with van der Waals surface area (Å²) in [6, 6.07) is 14.7. The molecule has 0 saturated carbocycles. The maximum atomic E-state index is 12.5. The monoisotopic (exact) mass is 399 g/mol. The van der Waals surface area contributed by atoms with Gasteiger partial charge in [0.05, 0.1) is 12.7 Å². The van der Waals surface area contributed by atoms with E-state index in [0.717, 1.165) is 41.7 Å². The highest BCUT2D eigenvalue weighted by Gasteiger charge is 2.16. The third kappa shape index (κ3) is 3.88. The molecule has 1 N–H and O–H groups in total. The van der Waals surface area contributed by atoms with Crippen LogP contribution in [0.4, 0.5) is 0 Å². The van der Waals surface area contributed by atoms with Crippen LogP contribution in [0, 0.1) is 0 Å². The van der Waals surface area contributed by atoms with Crippen LogP contribution in [0.5, 0.6) is 0 Å². The Kier molecular flexibility index (Phi) is 5.10. The first-order valence-electron chi connectivity index (χ1n) is 10.6. The van der Waals surface area contributed by atoms with E-state index in [1.54, 1.807) is 6.26 Å². The molecule has 152 valence electrons. The van der Waals surface area contributed by atoms with Crippen LogP contribution in [0.25, 0.3) is 11.0 Å². The summed E-state index contributed by atoms with van der Waals surface area (Å²) in [4.78, 5) is 17.0. The number of carbonyl (C=O) groups excluding carboxylic acids is 1. The molecule has 2 aromatic heterocycles. The van der Waals surface area contributed by atoms with Crippen molar-refractivity contribution in [1.82, 2.24) is 14.9 Å². The molecule has 0 atom stereocenters. The SMILES string of the molecule is O=C(Cc1coc2cc3c(cc12)CCC3)NCCc1nccn1Cc1ccccc1. The molecular formula is C25H25N3O2. The second kappa shape index (κ2) is 8.19. The molecule has 5 nitrogen and oxygen atoms in total. The molecule has 1 aliphatic rings. The van der Waals surface area contributed by atoms with Gasteiger partial charge in [0.15, 0.2) is 0 Å². The first kappa shape index (κ1) is 18.7. The number of amides is 1. The van der Waals surface area contributed by atoms with Crippen molar-refractivity contribution < 1.29 is 9.21 Å². The summed E-state index contributed by atoms with van der Waals surface area (Å²) in [5.74, 6) is 0.989. The molecule has 1 amide bonds. The number of hydrogen-bond donors (Lipinski definition) is 1. The van der Waals surface area contributed by atoms with Crippen LogP contribution in [0.2, 0.25) is 0 Å². The quantitative estimate of drug-likeness (QED) is 0.510. The number of aryl methyl sites for hydroxylation is 2. The average molecular weight is 399 g/mol. The van der Waals surface area contributed by atoms with Crippen molar-refractivity contribution in [2.45, 2.75) is 38.6 Å². The number of rotatable bonds is 7. The minimum Gasteiger partial charge on any atom is -0.464 e. The second-order valence-corrected chi connectivity index (χ2v) is 7.97. The number of benzene rings is 2. The van der Waals surface area contributed by atoms with Gasteiger partial charge in [0.25, 0.3) is 0 Å². The molecular weight excluding hydrogens is 374 g/mol. The highest BCUT2D eigenvalue weighted by atomic mass is 16.3. The summed E-state index contributed by atoms with van der Waals surface area (Å²) < 4.78 is 7.85. The molecule has 0 spiro atoms. The minimum atomic E-state index is 0.0133. The van der Waals surface area contributed by atoms with Gasteiger partial charge >= 0.3 is 0 Å². The highest BCUT2D eigenvalue weighted by Crippen LogP contribution is 2.30. The zero-order chi connectivity index (χ0) is 20.3. The number of furan rings is 1. The molecule has 1 aliphatic carbocycles. The van der Waals surface area contributed by atoms with Gasteiger partial charge in [0.1, 0.15) is 11.4 Å². The lowest BCUT2D eigenvalue weighted by Gasteiger charge is -2.09. The van der Waals surface area contributed by atoms with Gasteiger partial charge in [-0.3, -0.25) is 4.79 Å². The topological polar surface area (TPSA) is 60.1 Å². The van der Waals surface area contributed by atoms with E-state index >= 15 is 0 Å². The maximum Gasteiger partial charge on any atom is 0.224 e. The number of aromatic nitrogens is 2. The van der Waals surface area contributed by atoms with Crippen molar-refractivity contribution in [3.8, 4) is 0 Å². The molecule has 5 heteroatoms. The Bertz CT molecular complexity index is 1170. The number of hydrogen-bond acceptors (Lipinski definition) is 3. The smallest absolute Gasteiger partial charge is 0.224 e. The Morgan fingerprint density at radius 2 is 1.97 bits per heavy atom. The standard InChI is InChI=1S/C25H25N3O2/c29-25(15-21-17-30-23-14-20-8-4-7-19(20)13-22(21)23)27-10-9-24-26-11-12-28(24)16-18-5-2-1-3-6-18/h1-3,5-6,11-14,17H,4,7-10,15-16H2,(H,27,29). The zero-order valence-electron chi connectivity index (χ0n) is 16.9. The summed E-state index contributed by atoms with van der Waals surface area (Å²) in [6.07, 6.45) is 10.0. The van der Waals surface area contributed by atoms with Gasteiger partial charge in [0, 0.05) is 42.9 Å². The van der Waals surface area contributed by atoms with Gasteiger partial charge in [-0.2, -0.15) is 0 Å². The van der Waals surface area contributed by atoms with Crippen LogP contribution in [-0.2, 0) is 37.0 Å². The van der Waals surface area contributed by atoms with E-state index in [4.69, 9.17) is 4.42 Å². The normalized spacial score (nSPS) is 12.9. The maximum absolute atomic E-state index is 12.5. The number of imidazole rings is 1. The van der Waals surface area contributed by atoms with Crippen molar-refractivity contribution in [2.75, 3.05) is 6.54 Å². The molecule has 5 rings (SSSR count). The first-order chi connectivity index (χ1) is 14.8. The lowest BCUT2D eigenvalue weighted by Crippen LogP contribution is -2.27. The molecule has 0 aliphatic heterocycles. The number of nitrogens with one attached hydrogen (secondary N) is 1. The van der Waals surface area contributed by atoms with E-state index in [1.165, 1.54) is 23.1 Å². The van der Waals surface area contributed by atoms with Gasteiger partial charge in [-0.15, -0.1) is 0 Å². The van der Waals surface area contributed by atoms with E-state index in [1.807, 2.05) is 30.6 Å². The average Bonchev–Trinajstić information content (AvgIpc) is 3.48. The highest BCUT2D eigenvalue weighted by molar-refractivity contribution is 5.88. The predicted molar refractivity (Wildman–Crippen MR) is 116 cm³/mol. The van der Waals surface area contributed by atoms with Crippen molar-refractivity contribution in [3.05, 3.63) is 89.2 Å². The summed E-state index contributed by atoms with van der Waals surface area (Å²) >= 11 is 0. The Morgan fingerprint density at radius 1 is 1.13 bits per heavy atom. The summed E-state index contributed by atoms with van der Waals surface area (Å²) in [7, 11) is 0. The van der Waals surface area contributed by atoms with E-state index in [9.17, 15) is 4.79 Å². The van der Waals surface area contributed by atoms with Crippen LogP contribution in [-0.4, -0.2) is 22.0 Å². The molecule has 0 radical (unpaired) electrons. The summed E-state index contributed by atoms with van der Waals surface area (Å²) in [5.41, 5.74) is 5.87. The minimum absolute atomic E-state index is 0.0133. The van der Waals surface area contributed by atoms with Gasteiger partial charge in [0.2, 0.25) is 5.91 Å². The molecule has 0 saturated heterocycles. The third-order valence-electron chi connectivity index (χ3n) is 5.89. The van der Waals surface area contributed by atoms with Crippen LogP contribution >= 0.6 is 0 Å². The fraction of sp³-hybridized carbons (Fsp3) is 0.280. The molecule has 0 unspecified atom stereocenters. The first-order valence-corrected chi connectivity index (χ1v) is 10.6. The predicted octanol–water partition coefficient (Wildman–Crippen LogP) is 4.07. The third-order valence-corrected chi connectivity index (χ3v) is 5.89.